The zero-order valence-corrected chi connectivity index (χ0v) is 19.0. The molecule has 31 heavy (non-hydrogen) atoms. The van der Waals surface area contributed by atoms with Gasteiger partial charge in [0, 0.05) is 5.69 Å². The molecule has 8 heteroatoms. The van der Waals surface area contributed by atoms with Crippen molar-refractivity contribution in [3.8, 4) is 0 Å². The second-order valence-corrected chi connectivity index (χ2v) is 7.30. The Balaban J connectivity index is 0.00000240. The maximum absolute atomic E-state index is 13.5. The third-order valence-corrected chi connectivity index (χ3v) is 5.16. The summed E-state index contributed by atoms with van der Waals surface area (Å²) in [5.41, 5.74) is 4.60. The Morgan fingerprint density at radius 3 is 2.45 bits per heavy atom. The Labute approximate surface area is 189 Å². The molecule has 3 rings (SSSR count). The van der Waals surface area contributed by atoms with Crippen LogP contribution in [-0.2, 0) is 22.4 Å². The SMILES string of the molecule is CCC[NH2+]C(C)C(=O)N1c2ccccc2CCc2ccc(NC(=O)OCC)cc21.O.[Cl-]. The van der Waals surface area contributed by atoms with E-state index in [1.165, 1.54) is 0 Å². The summed E-state index contributed by atoms with van der Waals surface area (Å²) < 4.78 is 4.99. The molecule has 0 aliphatic carbocycles. The van der Waals surface area contributed by atoms with Gasteiger partial charge < -0.3 is 27.9 Å². The minimum Gasteiger partial charge on any atom is -1.00 e. The zero-order chi connectivity index (χ0) is 20.8. The number of nitrogens with zero attached hydrogens (tertiary/aromatic N) is 1. The van der Waals surface area contributed by atoms with Crippen LogP contribution < -0.4 is 27.9 Å². The Kier molecular flexibility index (Phi) is 10.5. The number of hydrogen-bond donors (Lipinski definition) is 2. The molecule has 0 saturated heterocycles. The average Bonchev–Trinajstić information content (AvgIpc) is 2.88. The fraction of sp³-hybridized carbons (Fsp3) is 0.391. The number of fused-ring (bicyclic) bond motifs is 2. The number of carbonyl (C=O) groups excluding carboxylic acids is 2. The maximum Gasteiger partial charge on any atom is 0.411 e. The normalized spacial score (nSPS) is 12.8. The summed E-state index contributed by atoms with van der Waals surface area (Å²) in [5, 5.41) is 4.83. The van der Waals surface area contributed by atoms with Gasteiger partial charge in [-0.05, 0) is 62.4 Å². The number of nitrogens with one attached hydrogen (secondary N) is 1. The van der Waals surface area contributed by atoms with Gasteiger partial charge in [0.15, 0.2) is 6.04 Å². The van der Waals surface area contributed by atoms with Crippen molar-refractivity contribution in [2.75, 3.05) is 23.4 Å². The average molecular weight is 450 g/mol. The summed E-state index contributed by atoms with van der Waals surface area (Å²) in [6.07, 6.45) is 2.22. The molecule has 0 fully saturated rings. The number of carbonyl (C=O) groups is 2. The molecule has 5 N–H and O–H groups in total. The lowest BCUT2D eigenvalue weighted by molar-refractivity contribution is -0.673. The van der Waals surface area contributed by atoms with Gasteiger partial charge in [-0.3, -0.25) is 15.0 Å². The number of ether oxygens (including phenoxy) is 1. The van der Waals surface area contributed by atoms with Crippen LogP contribution in [0.2, 0.25) is 0 Å². The lowest BCUT2D eigenvalue weighted by Gasteiger charge is -2.27. The van der Waals surface area contributed by atoms with Crippen LogP contribution in [-0.4, -0.2) is 36.7 Å². The number of para-hydroxylation sites is 1. The van der Waals surface area contributed by atoms with E-state index in [1.54, 1.807) is 6.92 Å². The fourth-order valence-corrected chi connectivity index (χ4v) is 3.64. The molecular weight excluding hydrogens is 418 g/mol. The molecule has 0 radical (unpaired) electrons. The highest BCUT2D eigenvalue weighted by Crippen LogP contribution is 2.37. The number of aryl methyl sites for hydroxylation is 2. The molecule has 1 heterocycles. The van der Waals surface area contributed by atoms with E-state index >= 15 is 0 Å². The van der Waals surface area contributed by atoms with Crippen molar-refractivity contribution in [3.05, 3.63) is 53.6 Å². The van der Waals surface area contributed by atoms with Crippen LogP contribution in [0.4, 0.5) is 21.9 Å². The second-order valence-electron chi connectivity index (χ2n) is 7.30. The van der Waals surface area contributed by atoms with Gasteiger partial charge in [0.05, 0.1) is 24.5 Å². The first-order valence-electron chi connectivity index (χ1n) is 10.4. The van der Waals surface area contributed by atoms with Crippen molar-refractivity contribution >= 4 is 29.1 Å². The van der Waals surface area contributed by atoms with E-state index in [1.807, 2.05) is 48.2 Å². The number of benzene rings is 2. The fourth-order valence-electron chi connectivity index (χ4n) is 3.64. The molecule has 0 bridgehead atoms. The van der Waals surface area contributed by atoms with Crippen LogP contribution >= 0.6 is 0 Å². The zero-order valence-electron chi connectivity index (χ0n) is 18.3. The standard InChI is InChI=1S/C23H29N3O3.ClH.H2O/c1-4-14-24-16(3)22(27)26-20-9-7-6-8-17(20)10-11-18-12-13-19(15-21(18)26)25-23(28)29-5-2;;/h6-9,12-13,15-16,24H,4-5,10-11,14H2,1-3H3,(H,25,28);1H;1H2. The smallest absolute Gasteiger partial charge is 0.411 e. The first-order chi connectivity index (χ1) is 14.0. The van der Waals surface area contributed by atoms with Crippen molar-refractivity contribution in [2.45, 2.75) is 46.1 Å². The Morgan fingerprint density at radius 2 is 1.77 bits per heavy atom. The van der Waals surface area contributed by atoms with Crippen molar-refractivity contribution in [2.24, 2.45) is 0 Å². The molecule has 170 valence electrons. The molecule has 2 aromatic carbocycles. The minimum absolute atomic E-state index is 0. The number of amides is 2. The molecule has 1 aliphatic rings. The first-order valence-corrected chi connectivity index (χ1v) is 10.4. The summed E-state index contributed by atoms with van der Waals surface area (Å²) in [7, 11) is 0. The van der Waals surface area contributed by atoms with E-state index in [0.29, 0.717) is 12.3 Å². The Bertz CT molecular complexity index is 891. The second kappa shape index (κ2) is 12.3. The lowest BCUT2D eigenvalue weighted by atomic mass is 10.0. The molecule has 2 amide bonds. The van der Waals surface area contributed by atoms with Gasteiger partial charge in [-0.1, -0.05) is 31.2 Å². The monoisotopic (exact) mass is 449 g/mol. The van der Waals surface area contributed by atoms with Gasteiger partial charge in [0.2, 0.25) is 0 Å². The molecule has 7 nitrogen and oxygen atoms in total. The molecule has 0 aromatic heterocycles. The maximum atomic E-state index is 13.5. The highest BCUT2D eigenvalue weighted by Gasteiger charge is 2.30. The van der Waals surface area contributed by atoms with E-state index in [2.05, 4.69) is 23.6 Å². The summed E-state index contributed by atoms with van der Waals surface area (Å²) in [4.78, 5) is 27.2. The topological polar surface area (TPSA) is 107 Å². The molecular formula is C23H32ClN3O4. The summed E-state index contributed by atoms with van der Waals surface area (Å²) in [5.74, 6) is 0.0438. The van der Waals surface area contributed by atoms with Gasteiger partial charge in [-0.15, -0.1) is 0 Å². The predicted molar refractivity (Wildman–Crippen MR) is 118 cm³/mol. The number of halogens is 1. The number of quaternary nitrogens is 1. The Hall–Kier alpha value is -2.61. The van der Waals surface area contributed by atoms with E-state index < -0.39 is 6.09 Å². The van der Waals surface area contributed by atoms with Crippen molar-refractivity contribution < 1.29 is 37.5 Å². The van der Waals surface area contributed by atoms with Gasteiger partial charge in [-0.2, -0.15) is 0 Å². The quantitative estimate of drug-likeness (QED) is 0.624. The van der Waals surface area contributed by atoms with E-state index in [9.17, 15) is 9.59 Å². The third kappa shape index (κ3) is 6.19. The summed E-state index contributed by atoms with van der Waals surface area (Å²) in [6.45, 7) is 7.03. The van der Waals surface area contributed by atoms with Crippen LogP contribution in [0.25, 0.3) is 0 Å². The number of nitrogens with two attached hydrogens (primary N) is 1. The largest absolute Gasteiger partial charge is 1.00 e. The van der Waals surface area contributed by atoms with Gasteiger partial charge >= 0.3 is 6.09 Å². The molecule has 1 unspecified atom stereocenters. The summed E-state index contributed by atoms with van der Waals surface area (Å²) in [6, 6.07) is 13.6. The van der Waals surface area contributed by atoms with Crippen molar-refractivity contribution in [1.82, 2.24) is 0 Å². The predicted octanol–water partition coefficient (Wildman–Crippen LogP) is -0.440. The van der Waals surface area contributed by atoms with E-state index in [-0.39, 0.29) is 29.8 Å². The lowest BCUT2D eigenvalue weighted by Crippen LogP contribution is -3.00. The molecule has 1 aliphatic heterocycles. The summed E-state index contributed by atoms with van der Waals surface area (Å²) >= 11 is 0. The Morgan fingerprint density at radius 1 is 1.10 bits per heavy atom. The van der Waals surface area contributed by atoms with Gasteiger partial charge in [-0.25, -0.2) is 4.79 Å². The number of rotatable bonds is 6. The van der Waals surface area contributed by atoms with Crippen LogP contribution in [0.15, 0.2) is 42.5 Å². The third-order valence-electron chi connectivity index (χ3n) is 5.16. The first kappa shape index (κ1) is 26.4. The highest BCUT2D eigenvalue weighted by atomic mass is 35.5. The van der Waals surface area contributed by atoms with Crippen LogP contribution in [0.5, 0.6) is 0 Å². The van der Waals surface area contributed by atoms with Gasteiger partial charge in [0.1, 0.15) is 0 Å². The van der Waals surface area contributed by atoms with E-state index in [4.69, 9.17) is 4.74 Å². The highest BCUT2D eigenvalue weighted by molar-refractivity contribution is 6.05. The van der Waals surface area contributed by atoms with Gasteiger partial charge in [0.25, 0.3) is 5.91 Å². The van der Waals surface area contributed by atoms with E-state index in [0.717, 1.165) is 48.3 Å². The number of hydrogen-bond acceptors (Lipinski definition) is 3. The molecule has 1 atom stereocenters. The molecule has 0 saturated carbocycles. The minimum atomic E-state index is -0.496. The van der Waals surface area contributed by atoms with Crippen molar-refractivity contribution in [1.29, 1.82) is 0 Å². The molecule has 2 aromatic rings. The molecule has 0 spiro atoms. The van der Waals surface area contributed by atoms with Crippen LogP contribution in [0.1, 0.15) is 38.3 Å². The van der Waals surface area contributed by atoms with Crippen LogP contribution in [0, 0.1) is 0 Å². The van der Waals surface area contributed by atoms with Crippen molar-refractivity contribution in [3.63, 3.8) is 0 Å². The van der Waals surface area contributed by atoms with Crippen LogP contribution in [0.3, 0.4) is 0 Å². The number of anilines is 3.